The zero-order chi connectivity index (χ0) is 20.9. The molecule has 2 aliphatic heterocycles. The highest BCUT2D eigenvalue weighted by atomic mass is 32.1. The Hall–Kier alpha value is -1.89. The standard InChI is InChI=1S/C24H32N2O3S/c1-17(2)22-13-18(7-11-28-22)24(27)25-9-10-26-14-19-5-3-4-6-21(19)29-23(15-26)20-8-12-30-16-20/h3-6,8,12,16-18,22-23H,7,9-11,13-15H2,1-2H3,(H,25,27). The number of ether oxygens (including phenoxy) is 2. The maximum atomic E-state index is 12.7. The summed E-state index contributed by atoms with van der Waals surface area (Å²) < 4.78 is 12.2. The van der Waals surface area contributed by atoms with Crippen LogP contribution in [0, 0.1) is 11.8 Å². The Bertz CT molecular complexity index is 824. The molecule has 2 aliphatic rings. The fraction of sp³-hybridized carbons (Fsp3) is 0.542. The SMILES string of the molecule is CC(C)C1CC(C(=O)NCCN2Cc3ccccc3OC(c3ccsc3)C2)CCO1. The second-order valence-corrected chi connectivity index (χ2v) is 9.45. The number of nitrogens with one attached hydrogen (secondary N) is 1. The molecule has 0 bridgehead atoms. The molecule has 0 radical (unpaired) electrons. The van der Waals surface area contributed by atoms with Gasteiger partial charge < -0.3 is 14.8 Å². The van der Waals surface area contributed by atoms with Crippen molar-refractivity contribution in [3.63, 3.8) is 0 Å². The molecule has 3 atom stereocenters. The first-order chi connectivity index (χ1) is 14.6. The predicted molar refractivity (Wildman–Crippen MR) is 120 cm³/mol. The summed E-state index contributed by atoms with van der Waals surface area (Å²) in [6.07, 6.45) is 1.85. The van der Waals surface area contributed by atoms with Crippen LogP contribution in [0.1, 0.15) is 43.9 Å². The molecule has 1 saturated heterocycles. The van der Waals surface area contributed by atoms with Gasteiger partial charge in [-0.3, -0.25) is 9.69 Å². The Morgan fingerprint density at radius 1 is 1.30 bits per heavy atom. The van der Waals surface area contributed by atoms with Crippen LogP contribution in [0.3, 0.4) is 0 Å². The molecule has 3 unspecified atom stereocenters. The normalized spacial score (nSPS) is 24.7. The lowest BCUT2D eigenvalue weighted by Crippen LogP contribution is -2.42. The Labute approximate surface area is 183 Å². The summed E-state index contributed by atoms with van der Waals surface area (Å²) >= 11 is 1.70. The molecule has 1 aromatic carbocycles. The lowest BCUT2D eigenvalue weighted by Gasteiger charge is -2.31. The van der Waals surface area contributed by atoms with E-state index in [0.29, 0.717) is 19.1 Å². The molecule has 1 fully saturated rings. The van der Waals surface area contributed by atoms with Crippen LogP contribution in [-0.2, 0) is 16.1 Å². The first-order valence-corrected chi connectivity index (χ1v) is 11.9. The molecular weight excluding hydrogens is 396 g/mol. The minimum absolute atomic E-state index is 0.0119. The number of carbonyl (C=O) groups is 1. The third kappa shape index (κ3) is 5.23. The van der Waals surface area contributed by atoms with E-state index in [1.165, 1.54) is 11.1 Å². The summed E-state index contributed by atoms with van der Waals surface area (Å²) in [6, 6.07) is 10.4. The monoisotopic (exact) mass is 428 g/mol. The van der Waals surface area contributed by atoms with Crippen molar-refractivity contribution in [1.82, 2.24) is 10.2 Å². The Kier molecular flexibility index (Phi) is 7.08. The highest BCUT2D eigenvalue weighted by Gasteiger charge is 2.30. The molecule has 3 heterocycles. The number of thiophene rings is 1. The van der Waals surface area contributed by atoms with Crippen molar-refractivity contribution >= 4 is 17.2 Å². The minimum Gasteiger partial charge on any atom is -0.484 e. The molecule has 6 heteroatoms. The van der Waals surface area contributed by atoms with Gasteiger partial charge in [-0.25, -0.2) is 0 Å². The minimum atomic E-state index is 0.0119. The number of hydrogen-bond acceptors (Lipinski definition) is 5. The van der Waals surface area contributed by atoms with Crippen LogP contribution in [0.25, 0.3) is 0 Å². The lowest BCUT2D eigenvalue weighted by molar-refractivity contribution is -0.131. The van der Waals surface area contributed by atoms with Crippen molar-refractivity contribution in [3.05, 3.63) is 52.2 Å². The second-order valence-electron chi connectivity index (χ2n) is 8.67. The van der Waals surface area contributed by atoms with Crippen molar-refractivity contribution in [2.24, 2.45) is 11.8 Å². The van der Waals surface area contributed by atoms with Gasteiger partial charge in [-0.1, -0.05) is 32.0 Å². The molecule has 0 spiro atoms. The molecule has 4 rings (SSSR count). The van der Waals surface area contributed by atoms with Gasteiger partial charge in [0.1, 0.15) is 11.9 Å². The number of rotatable bonds is 6. The summed E-state index contributed by atoms with van der Waals surface area (Å²) in [5.41, 5.74) is 2.42. The van der Waals surface area contributed by atoms with E-state index in [2.05, 4.69) is 59.1 Å². The van der Waals surface area contributed by atoms with Gasteiger partial charge in [-0.2, -0.15) is 11.3 Å². The van der Waals surface area contributed by atoms with Crippen LogP contribution in [0.5, 0.6) is 5.75 Å². The van der Waals surface area contributed by atoms with Gasteiger partial charge in [0.15, 0.2) is 0 Å². The third-order valence-corrected chi connectivity index (χ3v) is 6.83. The molecule has 1 N–H and O–H groups in total. The summed E-state index contributed by atoms with van der Waals surface area (Å²) in [7, 11) is 0. The zero-order valence-corrected chi connectivity index (χ0v) is 18.7. The van der Waals surface area contributed by atoms with Crippen LogP contribution < -0.4 is 10.1 Å². The Morgan fingerprint density at radius 2 is 2.17 bits per heavy atom. The topological polar surface area (TPSA) is 50.8 Å². The summed E-state index contributed by atoms with van der Waals surface area (Å²) in [4.78, 5) is 15.1. The number of benzene rings is 1. The number of para-hydroxylation sites is 1. The molecule has 5 nitrogen and oxygen atoms in total. The van der Waals surface area contributed by atoms with Crippen molar-refractivity contribution in [3.8, 4) is 5.75 Å². The van der Waals surface area contributed by atoms with E-state index in [-0.39, 0.29) is 24.0 Å². The van der Waals surface area contributed by atoms with Gasteiger partial charge in [0.05, 0.1) is 6.10 Å². The van der Waals surface area contributed by atoms with Gasteiger partial charge in [-0.15, -0.1) is 0 Å². The van der Waals surface area contributed by atoms with Gasteiger partial charge in [-0.05, 0) is 41.7 Å². The van der Waals surface area contributed by atoms with Crippen LogP contribution in [-0.4, -0.2) is 43.2 Å². The zero-order valence-electron chi connectivity index (χ0n) is 17.9. The molecule has 30 heavy (non-hydrogen) atoms. The first-order valence-electron chi connectivity index (χ1n) is 11.0. The first kappa shape index (κ1) is 21.3. The van der Waals surface area contributed by atoms with Crippen molar-refractivity contribution in [1.29, 1.82) is 0 Å². The highest BCUT2D eigenvalue weighted by Crippen LogP contribution is 2.31. The number of nitrogens with zero attached hydrogens (tertiary/aromatic N) is 1. The van der Waals surface area contributed by atoms with Gasteiger partial charge in [0, 0.05) is 49.8 Å². The molecular formula is C24H32N2O3S. The number of fused-ring (bicyclic) bond motifs is 1. The molecule has 162 valence electrons. The molecule has 1 aromatic heterocycles. The molecule has 1 amide bonds. The third-order valence-electron chi connectivity index (χ3n) is 6.13. The van der Waals surface area contributed by atoms with E-state index >= 15 is 0 Å². The van der Waals surface area contributed by atoms with Crippen molar-refractivity contribution in [2.75, 3.05) is 26.2 Å². The van der Waals surface area contributed by atoms with Crippen molar-refractivity contribution in [2.45, 2.75) is 45.4 Å². The fourth-order valence-electron chi connectivity index (χ4n) is 4.29. The van der Waals surface area contributed by atoms with Gasteiger partial charge in [0.2, 0.25) is 5.91 Å². The average Bonchev–Trinajstić information content (AvgIpc) is 3.22. The summed E-state index contributed by atoms with van der Waals surface area (Å²) in [5.74, 6) is 1.65. The van der Waals surface area contributed by atoms with E-state index < -0.39 is 0 Å². The van der Waals surface area contributed by atoms with Gasteiger partial charge in [0.25, 0.3) is 0 Å². The van der Waals surface area contributed by atoms with E-state index in [1.807, 2.05) is 6.07 Å². The Balaban J connectivity index is 1.35. The quantitative estimate of drug-likeness (QED) is 0.747. The van der Waals surface area contributed by atoms with Crippen LogP contribution in [0.4, 0.5) is 0 Å². The maximum absolute atomic E-state index is 12.7. The fourth-order valence-corrected chi connectivity index (χ4v) is 5.00. The number of carbonyl (C=O) groups excluding carboxylic acids is 1. The highest BCUT2D eigenvalue weighted by molar-refractivity contribution is 7.07. The Morgan fingerprint density at radius 3 is 2.97 bits per heavy atom. The second kappa shape index (κ2) is 9.94. The lowest BCUT2D eigenvalue weighted by atomic mass is 9.89. The smallest absolute Gasteiger partial charge is 0.223 e. The van der Waals surface area contributed by atoms with E-state index in [9.17, 15) is 4.79 Å². The largest absolute Gasteiger partial charge is 0.484 e. The molecule has 0 aliphatic carbocycles. The maximum Gasteiger partial charge on any atom is 0.223 e. The molecule has 2 aromatic rings. The predicted octanol–water partition coefficient (Wildman–Crippen LogP) is 4.25. The number of hydrogen-bond donors (Lipinski definition) is 1. The average molecular weight is 429 g/mol. The van der Waals surface area contributed by atoms with Crippen LogP contribution in [0.15, 0.2) is 41.1 Å². The van der Waals surface area contributed by atoms with Gasteiger partial charge >= 0.3 is 0 Å². The van der Waals surface area contributed by atoms with E-state index in [1.54, 1.807) is 11.3 Å². The van der Waals surface area contributed by atoms with Crippen LogP contribution in [0.2, 0.25) is 0 Å². The van der Waals surface area contributed by atoms with Crippen molar-refractivity contribution < 1.29 is 14.3 Å². The van der Waals surface area contributed by atoms with E-state index in [0.717, 1.165) is 38.2 Å². The van der Waals surface area contributed by atoms with Crippen LogP contribution >= 0.6 is 11.3 Å². The summed E-state index contributed by atoms with van der Waals surface area (Å²) in [6.45, 7) is 8.11. The molecule has 0 saturated carbocycles. The van der Waals surface area contributed by atoms with E-state index in [4.69, 9.17) is 9.47 Å². The number of amides is 1. The summed E-state index contributed by atoms with van der Waals surface area (Å²) in [5, 5.41) is 7.44.